The number of ether oxygens (including phenoxy) is 2. The molecule has 0 saturated carbocycles. The molecule has 0 aromatic heterocycles. The molecule has 2 aliphatic heterocycles. The highest BCUT2D eigenvalue weighted by molar-refractivity contribution is 6.32. The Bertz CT molecular complexity index is 993. The lowest BCUT2D eigenvalue weighted by Crippen LogP contribution is -2.40. The van der Waals surface area contributed by atoms with Crippen LogP contribution in [0.3, 0.4) is 0 Å². The number of amides is 4. The topological polar surface area (TPSA) is 106 Å². The maximum atomic E-state index is 12.6. The summed E-state index contributed by atoms with van der Waals surface area (Å²) in [5, 5.41) is 7.81. The number of halogens is 1. The van der Waals surface area contributed by atoms with E-state index in [4.69, 9.17) is 21.1 Å². The largest absolute Gasteiger partial charge is 0.454 e. The average Bonchev–Trinajstić information content (AvgIpc) is 3.20. The molecule has 8 nitrogen and oxygen atoms in total. The number of urea groups is 1. The molecule has 2 aromatic carbocycles. The zero-order chi connectivity index (χ0) is 19.2. The standard InChI is InChI=1S/C18H14ClN3O5/c1-18(16(24)21-17(25)22-18)10-3-2-4-11(7-10)20-15(23)9-5-12(19)14-13(6-9)26-8-27-14/h2-7H,8H2,1H3,(H,20,23)(H2,21,22,24,25)/t18-/m0/s1. The minimum atomic E-state index is -1.21. The van der Waals surface area contributed by atoms with Crippen molar-refractivity contribution < 1.29 is 23.9 Å². The van der Waals surface area contributed by atoms with Crippen molar-refractivity contribution in [2.75, 3.05) is 12.1 Å². The predicted molar refractivity (Wildman–Crippen MR) is 96.0 cm³/mol. The highest BCUT2D eigenvalue weighted by atomic mass is 35.5. The molecular formula is C18H14ClN3O5. The van der Waals surface area contributed by atoms with E-state index < -0.39 is 23.4 Å². The van der Waals surface area contributed by atoms with Gasteiger partial charge >= 0.3 is 6.03 Å². The van der Waals surface area contributed by atoms with Crippen LogP contribution in [0.25, 0.3) is 0 Å². The third-order valence-corrected chi connectivity index (χ3v) is 4.71. The summed E-state index contributed by atoms with van der Waals surface area (Å²) in [6, 6.07) is 9.14. The van der Waals surface area contributed by atoms with Crippen LogP contribution in [0.2, 0.25) is 5.02 Å². The third-order valence-electron chi connectivity index (χ3n) is 4.43. The summed E-state index contributed by atoms with van der Waals surface area (Å²) in [6.07, 6.45) is 0. The molecule has 2 aromatic rings. The molecule has 2 aliphatic rings. The van der Waals surface area contributed by atoms with Crippen LogP contribution in [0, 0.1) is 0 Å². The first-order valence-corrected chi connectivity index (χ1v) is 8.39. The third kappa shape index (κ3) is 2.93. The lowest BCUT2D eigenvalue weighted by molar-refractivity contribution is -0.123. The highest BCUT2D eigenvalue weighted by Crippen LogP contribution is 2.40. The Labute approximate surface area is 158 Å². The predicted octanol–water partition coefficient (Wildman–Crippen LogP) is 2.38. The van der Waals surface area contributed by atoms with Gasteiger partial charge in [0.05, 0.1) is 5.02 Å². The van der Waals surface area contributed by atoms with Gasteiger partial charge in [-0.25, -0.2) is 4.79 Å². The van der Waals surface area contributed by atoms with E-state index in [0.717, 1.165) is 0 Å². The second kappa shape index (κ2) is 6.17. The van der Waals surface area contributed by atoms with Gasteiger partial charge in [0.15, 0.2) is 11.5 Å². The van der Waals surface area contributed by atoms with E-state index in [1.807, 2.05) is 0 Å². The van der Waals surface area contributed by atoms with Crippen LogP contribution in [0.5, 0.6) is 11.5 Å². The summed E-state index contributed by atoms with van der Waals surface area (Å²) in [5.41, 5.74) is 0.0847. The van der Waals surface area contributed by atoms with Gasteiger partial charge in [-0.2, -0.15) is 0 Å². The minimum Gasteiger partial charge on any atom is -0.454 e. The van der Waals surface area contributed by atoms with Gasteiger partial charge in [0.1, 0.15) is 5.54 Å². The average molecular weight is 388 g/mol. The number of carbonyl (C=O) groups excluding carboxylic acids is 3. The van der Waals surface area contributed by atoms with Crippen LogP contribution in [0.15, 0.2) is 36.4 Å². The molecule has 4 rings (SSSR count). The summed E-state index contributed by atoms with van der Waals surface area (Å²) in [5.74, 6) is -0.0543. The van der Waals surface area contributed by atoms with E-state index in [0.29, 0.717) is 28.3 Å². The van der Waals surface area contributed by atoms with Crippen LogP contribution in [0.4, 0.5) is 10.5 Å². The Hall–Kier alpha value is -3.26. The van der Waals surface area contributed by atoms with Crippen molar-refractivity contribution >= 4 is 35.1 Å². The fraction of sp³-hybridized carbons (Fsp3) is 0.167. The molecule has 2 heterocycles. The normalized spacial score (nSPS) is 20.2. The molecule has 0 radical (unpaired) electrons. The van der Waals surface area contributed by atoms with Crippen LogP contribution < -0.4 is 25.4 Å². The van der Waals surface area contributed by atoms with E-state index in [1.165, 1.54) is 6.07 Å². The molecule has 27 heavy (non-hydrogen) atoms. The molecule has 4 amide bonds. The molecule has 0 unspecified atom stereocenters. The number of imide groups is 1. The minimum absolute atomic E-state index is 0.0501. The quantitative estimate of drug-likeness (QED) is 0.701. The maximum absolute atomic E-state index is 12.6. The lowest BCUT2D eigenvalue weighted by atomic mass is 9.92. The molecule has 1 saturated heterocycles. The van der Waals surface area contributed by atoms with Crippen molar-refractivity contribution in [2.45, 2.75) is 12.5 Å². The molecule has 0 spiro atoms. The monoisotopic (exact) mass is 387 g/mol. The van der Waals surface area contributed by atoms with Crippen molar-refractivity contribution in [3.8, 4) is 11.5 Å². The lowest BCUT2D eigenvalue weighted by Gasteiger charge is -2.21. The molecule has 0 bridgehead atoms. The van der Waals surface area contributed by atoms with Crippen LogP contribution in [-0.4, -0.2) is 24.6 Å². The number of benzene rings is 2. The fourth-order valence-corrected chi connectivity index (χ4v) is 3.22. The molecule has 138 valence electrons. The molecule has 1 fully saturated rings. The first-order chi connectivity index (χ1) is 12.9. The summed E-state index contributed by atoms with van der Waals surface area (Å²) < 4.78 is 10.5. The van der Waals surface area contributed by atoms with Crippen molar-refractivity contribution in [1.29, 1.82) is 0 Å². The van der Waals surface area contributed by atoms with Crippen LogP contribution in [0.1, 0.15) is 22.8 Å². The Balaban J connectivity index is 1.59. The number of hydrogen-bond donors (Lipinski definition) is 3. The smallest absolute Gasteiger partial charge is 0.322 e. The van der Waals surface area contributed by atoms with Crippen molar-refractivity contribution in [3.05, 3.63) is 52.5 Å². The number of hydrogen-bond acceptors (Lipinski definition) is 5. The molecular weight excluding hydrogens is 374 g/mol. The molecule has 0 aliphatic carbocycles. The first-order valence-electron chi connectivity index (χ1n) is 8.01. The Morgan fingerprint density at radius 3 is 2.78 bits per heavy atom. The van der Waals surface area contributed by atoms with Gasteiger partial charge in [-0.1, -0.05) is 23.7 Å². The van der Waals surface area contributed by atoms with Gasteiger partial charge in [-0.05, 0) is 36.8 Å². The highest BCUT2D eigenvalue weighted by Gasteiger charge is 2.43. The van der Waals surface area contributed by atoms with E-state index in [9.17, 15) is 14.4 Å². The van der Waals surface area contributed by atoms with Gasteiger partial charge in [-0.3, -0.25) is 14.9 Å². The summed E-state index contributed by atoms with van der Waals surface area (Å²) in [7, 11) is 0. The number of anilines is 1. The summed E-state index contributed by atoms with van der Waals surface area (Å²) in [6.45, 7) is 1.64. The molecule has 1 atom stereocenters. The Morgan fingerprint density at radius 2 is 2.04 bits per heavy atom. The first kappa shape index (κ1) is 17.2. The molecule has 3 N–H and O–H groups in total. The number of nitrogens with one attached hydrogen (secondary N) is 3. The van der Waals surface area contributed by atoms with Crippen LogP contribution in [-0.2, 0) is 10.3 Å². The maximum Gasteiger partial charge on any atom is 0.322 e. The second-order valence-electron chi connectivity index (χ2n) is 6.26. The molecule has 9 heteroatoms. The van der Waals surface area contributed by atoms with E-state index in [2.05, 4.69) is 16.0 Å². The number of rotatable bonds is 3. The van der Waals surface area contributed by atoms with E-state index >= 15 is 0 Å². The van der Waals surface area contributed by atoms with Crippen LogP contribution >= 0.6 is 11.6 Å². The van der Waals surface area contributed by atoms with E-state index in [-0.39, 0.29) is 11.8 Å². The van der Waals surface area contributed by atoms with Gasteiger partial charge in [0, 0.05) is 11.3 Å². The van der Waals surface area contributed by atoms with Crippen molar-refractivity contribution in [2.24, 2.45) is 0 Å². The Morgan fingerprint density at radius 1 is 1.22 bits per heavy atom. The Kier molecular flexibility index (Phi) is 3.92. The fourth-order valence-electron chi connectivity index (χ4n) is 2.96. The second-order valence-corrected chi connectivity index (χ2v) is 6.67. The van der Waals surface area contributed by atoms with Gasteiger partial charge in [0.2, 0.25) is 6.79 Å². The number of fused-ring (bicyclic) bond motifs is 1. The van der Waals surface area contributed by atoms with E-state index in [1.54, 1.807) is 37.3 Å². The SMILES string of the molecule is C[C@@]1(c2cccc(NC(=O)c3cc(Cl)c4c(c3)OCO4)c2)NC(=O)NC1=O. The zero-order valence-electron chi connectivity index (χ0n) is 14.1. The number of carbonyl (C=O) groups is 3. The van der Waals surface area contributed by atoms with Gasteiger partial charge < -0.3 is 20.1 Å². The van der Waals surface area contributed by atoms with Crippen molar-refractivity contribution in [1.82, 2.24) is 10.6 Å². The zero-order valence-corrected chi connectivity index (χ0v) is 14.8. The van der Waals surface area contributed by atoms with Gasteiger partial charge in [0.25, 0.3) is 11.8 Å². The van der Waals surface area contributed by atoms with Crippen molar-refractivity contribution in [3.63, 3.8) is 0 Å². The summed E-state index contributed by atoms with van der Waals surface area (Å²) >= 11 is 6.11. The van der Waals surface area contributed by atoms with Gasteiger partial charge in [-0.15, -0.1) is 0 Å². The summed E-state index contributed by atoms with van der Waals surface area (Å²) in [4.78, 5) is 36.1.